The van der Waals surface area contributed by atoms with E-state index < -0.39 is 17.7 Å². The molecule has 3 aliphatic rings. The highest BCUT2D eigenvalue weighted by atomic mass is 35.5. The first-order valence-electron chi connectivity index (χ1n) is 12.5. The maximum atomic E-state index is 14.3. The lowest BCUT2D eigenvalue weighted by Gasteiger charge is -2.47. The number of hydrogen-bond donors (Lipinski definition) is 3. The van der Waals surface area contributed by atoms with Gasteiger partial charge in [-0.2, -0.15) is 5.10 Å². The summed E-state index contributed by atoms with van der Waals surface area (Å²) in [5.41, 5.74) is 1.35. The number of nitrogens with zero attached hydrogens (tertiary/aromatic N) is 4. The summed E-state index contributed by atoms with van der Waals surface area (Å²) in [6.07, 6.45) is 3.90. The molecule has 2 bridgehead atoms. The number of fused-ring (bicyclic) bond motifs is 5. The van der Waals surface area contributed by atoms with Crippen LogP contribution in [0.1, 0.15) is 25.7 Å². The fourth-order valence-corrected chi connectivity index (χ4v) is 7.27. The van der Waals surface area contributed by atoms with Crippen LogP contribution in [-0.2, 0) is 4.79 Å². The van der Waals surface area contributed by atoms with Gasteiger partial charge in [0.25, 0.3) is 0 Å². The molecule has 0 amide bonds. The monoisotopic (exact) mass is 548 g/mol. The summed E-state index contributed by atoms with van der Waals surface area (Å²) < 4.78 is 15.5. The molecule has 2 unspecified atom stereocenters. The molecule has 0 saturated heterocycles. The van der Waals surface area contributed by atoms with E-state index in [0.29, 0.717) is 28.4 Å². The van der Waals surface area contributed by atoms with E-state index in [1.54, 1.807) is 11.3 Å². The number of carboxylic acids is 1. The van der Waals surface area contributed by atoms with Crippen LogP contribution in [0.2, 0.25) is 5.15 Å². The van der Waals surface area contributed by atoms with E-state index in [1.165, 1.54) is 6.07 Å². The molecule has 2 atom stereocenters. The molecule has 5 aromatic rings. The van der Waals surface area contributed by atoms with E-state index >= 15 is 0 Å². The van der Waals surface area contributed by atoms with Crippen molar-refractivity contribution < 1.29 is 14.3 Å². The molecule has 192 valence electrons. The van der Waals surface area contributed by atoms with Crippen molar-refractivity contribution in [1.82, 2.24) is 25.1 Å². The standard InChI is InChI=1S/C27H22ClFN6O2S/c28-24-16(29)10-15-23(34-35-25(15)33-24)26-30-17(19-9-14-3-1-2-4-18(14)38-19)11-20(32-26)31-22-13-7-5-12(6-8-13)21(22)27(36)37/h1-4,9-13,21-22H,5-8H2,(H,36,37)(H,30,31,32)(H,33,34,35). The molecular formula is C27H22ClFN6O2S. The highest BCUT2D eigenvalue weighted by Gasteiger charge is 2.47. The molecule has 8 nitrogen and oxygen atoms in total. The molecule has 3 aliphatic carbocycles. The second kappa shape index (κ2) is 8.99. The number of anilines is 1. The van der Waals surface area contributed by atoms with Crippen LogP contribution in [0.3, 0.4) is 0 Å². The maximum Gasteiger partial charge on any atom is 0.308 e. The molecule has 38 heavy (non-hydrogen) atoms. The zero-order chi connectivity index (χ0) is 26.0. The molecule has 4 aromatic heterocycles. The summed E-state index contributed by atoms with van der Waals surface area (Å²) in [6.45, 7) is 0. The van der Waals surface area contributed by atoms with Gasteiger partial charge in [-0.25, -0.2) is 19.3 Å². The Hall–Kier alpha value is -3.63. The Morgan fingerprint density at radius 1 is 1.08 bits per heavy atom. The fourth-order valence-electron chi connectivity index (χ4n) is 6.12. The average molecular weight is 549 g/mol. The van der Waals surface area contributed by atoms with Crippen molar-refractivity contribution in [2.75, 3.05) is 5.32 Å². The van der Waals surface area contributed by atoms with E-state index in [9.17, 15) is 14.3 Å². The summed E-state index contributed by atoms with van der Waals surface area (Å²) in [7, 11) is 0. The number of H-pyrrole nitrogens is 1. The predicted octanol–water partition coefficient (Wildman–Crippen LogP) is 6.39. The predicted molar refractivity (Wildman–Crippen MR) is 145 cm³/mol. The van der Waals surface area contributed by atoms with E-state index in [-0.39, 0.29) is 28.7 Å². The van der Waals surface area contributed by atoms with Crippen molar-refractivity contribution in [3.05, 3.63) is 53.4 Å². The number of pyridine rings is 1. The van der Waals surface area contributed by atoms with Crippen LogP contribution in [-0.4, -0.2) is 42.3 Å². The number of carboxylic acid groups (broad SMARTS) is 1. The lowest BCUT2D eigenvalue weighted by atomic mass is 9.61. The van der Waals surface area contributed by atoms with Crippen LogP contribution >= 0.6 is 22.9 Å². The van der Waals surface area contributed by atoms with Crippen LogP contribution in [0.5, 0.6) is 0 Å². The summed E-state index contributed by atoms with van der Waals surface area (Å²) in [6, 6.07) is 13.1. The largest absolute Gasteiger partial charge is 0.481 e. The molecule has 4 heterocycles. The van der Waals surface area contributed by atoms with E-state index in [4.69, 9.17) is 21.6 Å². The van der Waals surface area contributed by atoms with Crippen molar-refractivity contribution in [2.24, 2.45) is 17.8 Å². The number of rotatable bonds is 5. The van der Waals surface area contributed by atoms with Crippen molar-refractivity contribution in [2.45, 2.75) is 31.7 Å². The Bertz CT molecular complexity index is 1680. The number of thiophene rings is 1. The minimum atomic E-state index is -0.770. The quantitative estimate of drug-likeness (QED) is 0.218. The Labute approximate surface area is 225 Å². The van der Waals surface area contributed by atoms with Gasteiger partial charge in [-0.1, -0.05) is 29.8 Å². The molecule has 8 rings (SSSR count). The first kappa shape index (κ1) is 23.5. The second-order valence-electron chi connectivity index (χ2n) is 10.1. The number of carbonyl (C=O) groups is 1. The third kappa shape index (κ3) is 3.90. The van der Waals surface area contributed by atoms with Crippen molar-refractivity contribution in [1.29, 1.82) is 0 Å². The molecule has 0 aliphatic heterocycles. The number of aromatic amines is 1. The van der Waals surface area contributed by atoms with Crippen molar-refractivity contribution >= 4 is 55.8 Å². The van der Waals surface area contributed by atoms with Gasteiger partial charge in [0.2, 0.25) is 0 Å². The number of aliphatic carboxylic acids is 1. The fraction of sp³-hybridized carbons (Fsp3) is 0.296. The molecule has 11 heteroatoms. The van der Waals surface area contributed by atoms with Gasteiger partial charge in [-0.3, -0.25) is 9.89 Å². The highest BCUT2D eigenvalue weighted by Crippen LogP contribution is 2.46. The molecule has 0 spiro atoms. The molecular weight excluding hydrogens is 527 g/mol. The summed E-state index contributed by atoms with van der Waals surface area (Å²) in [5, 5.41) is 21.9. The first-order valence-corrected chi connectivity index (χ1v) is 13.7. The molecule has 3 N–H and O–H groups in total. The van der Waals surface area contributed by atoms with Gasteiger partial charge in [0.05, 0.1) is 21.9 Å². The summed E-state index contributed by atoms with van der Waals surface area (Å²) in [4.78, 5) is 26.8. The Morgan fingerprint density at radius 2 is 1.87 bits per heavy atom. The van der Waals surface area contributed by atoms with E-state index in [1.807, 2.05) is 24.3 Å². The Balaban J connectivity index is 1.37. The average Bonchev–Trinajstić information content (AvgIpc) is 3.53. The summed E-state index contributed by atoms with van der Waals surface area (Å²) >= 11 is 7.47. The molecule has 0 radical (unpaired) electrons. The van der Waals surface area contributed by atoms with Crippen LogP contribution in [0.4, 0.5) is 10.2 Å². The molecule has 3 fully saturated rings. The first-order chi connectivity index (χ1) is 18.4. The SMILES string of the molecule is O=C(O)C1C2CCC(CC2)C1Nc1cc(-c2cc3ccccc3s2)nc(-c2[nH]nc3nc(Cl)c(F)cc23)n1. The van der Waals surface area contributed by atoms with Gasteiger partial charge in [0.15, 0.2) is 22.4 Å². The number of halogens is 2. The number of aromatic nitrogens is 5. The summed E-state index contributed by atoms with van der Waals surface area (Å²) in [5.74, 6) is -0.647. The lowest BCUT2D eigenvalue weighted by Crippen LogP contribution is -2.51. The Morgan fingerprint density at radius 3 is 2.66 bits per heavy atom. The third-order valence-corrected chi connectivity index (χ3v) is 9.31. The van der Waals surface area contributed by atoms with Gasteiger partial charge in [-0.05, 0) is 61.1 Å². The third-order valence-electron chi connectivity index (χ3n) is 7.90. The minimum absolute atomic E-state index is 0.161. The van der Waals surface area contributed by atoms with Gasteiger partial charge in [0.1, 0.15) is 11.5 Å². The van der Waals surface area contributed by atoms with Crippen molar-refractivity contribution in [3.8, 4) is 22.1 Å². The van der Waals surface area contributed by atoms with Crippen LogP contribution in [0.25, 0.3) is 43.2 Å². The van der Waals surface area contributed by atoms with Crippen LogP contribution < -0.4 is 5.32 Å². The smallest absolute Gasteiger partial charge is 0.308 e. The van der Waals surface area contributed by atoms with Crippen LogP contribution in [0, 0.1) is 23.6 Å². The number of hydrogen-bond acceptors (Lipinski definition) is 7. The molecule has 3 saturated carbocycles. The number of nitrogens with one attached hydrogen (secondary N) is 2. The number of benzene rings is 1. The molecule has 1 aromatic carbocycles. The van der Waals surface area contributed by atoms with Gasteiger partial charge >= 0.3 is 5.97 Å². The zero-order valence-electron chi connectivity index (χ0n) is 20.0. The van der Waals surface area contributed by atoms with E-state index in [2.05, 4.69) is 32.6 Å². The van der Waals surface area contributed by atoms with Gasteiger partial charge in [-0.15, -0.1) is 11.3 Å². The maximum absolute atomic E-state index is 14.3. The van der Waals surface area contributed by atoms with E-state index in [0.717, 1.165) is 40.6 Å². The zero-order valence-corrected chi connectivity index (χ0v) is 21.6. The van der Waals surface area contributed by atoms with Crippen molar-refractivity contribution in [3.63, 3.8) is 0 Å². The lowest BCUT2D eigenvalue weighted by molar-refractivity contribution is -0.148. The van der Waals surface area contributed by atoms with Gasteiger partial charge < -0.3 is 10.4 Å². The topological polar surface area (TPSA) is 117 Å². The minimum Gasteiger partial charge on any atom is -0.481 e. The Kier molecular flexibility index (Phi) is 5.55. The second-order valence-corrected chi connectivity index (χ2v) is 11.5. The highest BCUT2D eigenvalue weighted by molar-refractivity contribution is 7.22. The van der Waals surface area contributed by atoms with Crippen LogP contribution in [0.15, 0.2) is 42.5 Å². The normalized spacial score (nSPS) is 22.8. The van der Waals surface area contributed by atoms with Gasteiger partial charge in [0, 0.05) is 16.8 Å².